The molecule has 2 unspecified atom stereocenters. The molecule has 3 heterocycles. The van der Waals surface area contributed by atoms with Crippen LogP contribution in [0.5, 0.6) is 0 Å². The van der Waals surface area contributed by atoms with E-state index in [0.29, 0.717) is 12.1 Å². The molecule has 0 saturated carbocycles. The summed E-state index contributed by atoms with van der Waals surface area (Å²) in [5.41, 5.74) is 0. The summed E-state index contributed by atoms with van der Waals surface area (Å²) in [7, 11) is 1.59. The van der Waals surface area contributed by atoms with Crippen molar-refractivity contribution in [2.75, 3.05) is 39.9 Å². The molecular weight excluding hydrogens is 266 g/mol. The predicted octanol–water partition coefficient (Wildman–Crippen LogP) is 0.840. The van der Waals surface area contributed by atoms with E-state index in [1.807, 2.05) is 4.90 Å². The van der Waals surface area contributed by atoms with Gasteiger partial charge in [0.1, 0.15) is 6.61 Å². The molecule has 3 rings (SSSR count). The highest BCUT2D eigenvalue weighted by Gasteiger charge is 2.36. The van der Waals surface area contributed by atoms with Crippen molar-refractivity contribution in [1.82, 2.24) is 15.1 Å². The van der Waals surface area contributed by atoms with E-state index in [0.717, 1.165) is 32.0 Å². The van der Waals surface area contributed by atoms with Gasteiger partial charge in [-0.25, -0.2) is 0 Å². The van der Waals surface area contributed by atoms with Gasteiger partial charge >= 0.3 is 0 Å². The number of hydrogen-bond acceptors (Lipinski definition) is 4. The maximum absolute atomic E-state index is 11.8. The Kier molecular flexibility index (Phi) is 5.14. The van der Waals surface area contributed by atoms with Gasteiger partial charge in [-0.15, -0.1) is 0 Å². The zero-order valence-electron chi connectivity index (χ0n) is 13.2. The minimum atomic E-state index is 0.135. The minimum absolute atomic E-state index is 0.135. The minimum Gasteiger partial charge on any atom is -0.375 e. The third-order valence-corrected chi connectivity index (χ3v) is 5.42. The fraction of sp³-hybridized carbons (Fsp3) is 0.938. The van der Waals surface area contributed by atoms with Crippen LogP contribution in [-0.4, -0.2) is 73.7 Å². The Morgan fingerprint density at radius 1 is 1.10 bits per heavy atom. The lowest BCUT2D eigenvalue weighted by atomic mass is 9.96. The Morgan fingerprint density at radius 2 is 1.90 bits per heavy atom. The van der Waals surface area contributed by atoms with E-state index in [2.05, 4.69) is 10.2 Å². The van der Waals surface area contributed by atoms with E-state index in [9.17, 15) is 4.79 Å². The topological polar surface area (TPSA) is 44.8 Å². The second-order valence-corrected chi connectivity index (χ2v) is 6.75. The SMILES string of the molecule is COCC(=O)N1CCC(NC2CCN3CCCCC23)CC1. The molecule has 0 aromatic heterocycles. The van der Waals surface area contributed by atoms with Crippen molar-refractivity contribution in [2.24, 2.45) is 0 Å². The summed E-state index contributed by atoms with van der Waals surface area (Å²) in [6.45, 7) is 4.54. The molecular formula is C16H29N3O2. The Hall–Kier alpha value is -0.650. The van der Waals surface area contributed by atoms with Gasteiger partial charge in [-0.3, -0.25) is 9.69 Å². The number of nitrogens with one attached hydrogen (secondary N) is 1. The maximum Gasteiger partial charge on any atom is 0.248 e. The number of methoxy groups -OCH3 is 1. The van der Waals surface area contributed by atoms with Gasteiger partial charge in [0.15, 0.2) is 0 Å². The number of ether oxygens (including phenoxy) is 1. The average Bonchev–Trinajstić information content (AvgIpc) is 2.92. The normalized spacial score (nSPS) is 31.4. The summed E-state index contributed by atoms with van der Waals surface area (Å²) in [5.74, 6) is 0.135. The van der Waals surface area contributed by atoms with Crippen molar-refractivity contribution in [2.45, 2.75) is 56.7 Å². The van der Waals surface area contributed by atoms with E-state index in [1.165, 1.54) is 38.8 Å². The quantitative estimate of drug-likeness (QED) is 0.835. The zero-order chi connectivity index (χ0) is 14.7. The summed E-state index contributed by atoms with van der Waals surface area (Å²) >= 11 is 0. The number of nitrogens with zero attached hydrogens (tertiary/aromatic N) is 2. The predicted molar refractivity (Wildman–Crippen MR) is 82.2 cm³/mol. The van der Waals surface area contributed by atoms with Crippen LogP contribution in [0, 0.1) is 0 Å². The van der Waals surface area contributed by atoms with Gasteiger partial charge in [0, 0.05) is 44.9 Å². The lowest BCUT2D eigenvalue weighted by molar-refractivity contribution is -0.136. The lowest BCUT2D eigenvalue weighted by Crippen LogP contribution is -2.52. The van der Waals surface area contributed by atoms with E-state index >= 15 is 0 Å². The van der Waals surface area contributed by atoms with Crippen molar-refractivity contribution in [1.29, 1.82) is 0 Å². The molecule has 3 fully saturated rings. The average molecular weight is 295 g/mol. The first-order chi connectivity index (χ1) is 10.3. The van der Waals surface area contributed by atoms with Gasteiger partial charge < -0.3 is 15.0 Å². The molecule has 3 aliphatic heterocycles. The largest absolute Gasteiger partial charge is 0.375 e. The van der Waals surface area contributed by atoms with Gasteiger partial charge in [0.2, 0.25) is 5.91 Å². The van der Waals surface area contributed by atoms with Crippen LogP contribution in [-0.2, 0) is 9.53 Å². The van der Waals surface area contributed by atoms with Crippen LogP contribution in [0.3, 0.4) is 0 Å². The first-order valence-corrected chi connectivity index (χ1v) is 8.54. The molecule has 0 aromatic rings. The molecule has 2 atom stereocenters. The van der Waals surface area contributed by atoms with E-state index in [-0.39, 0.29) is 12.5 Å². The third-order valence-electron chi connectivity index (χ3n) is 5.42. The molecule has 0 aromatic carbocycles. The molecule has 0 radical (unpaired) electrons. The van der Waals surface area contributed by atoms with Crippen molar-refractivity contribution in [3.8, 4) is 0 Å². The van der Waals surface area contributed by atoms with E-state index in [4.69, 9.17) is 4.74 Å². The number of carbonyl (C=O) groups excluding carboxylic acids is 1. The number of amides is 1. The summed E-state index contributed by atoms with van der Waals surface area (Å²) in [6, 6.07) is 2.03. The lowest BCUT2D eigenvalue weighted by Gasteiger charge is -2.37. The second-order valence-electron chi connectivity index (χ2n) is 6.75. The Morgan fingerprint density at radius 3 is 2.67 bits per heavy atom. The number of piperidine rings is 2. The fourth-order valence-corrected chi connectivity index (χ4v) is 4.25. The van der Waals surface area contributed by atoms with Crippen molar-refractivity contribution in [3.63, 3.8) is 0 Å². The van der Waals surface area contributed by atoms with Gasteiger partial charge in [-0.2, -0.15) is 0 Å². The first-order valence-electron chi connectivity index (χ1n) is 8.54. The standard InChI is InChI=1S/C16H29N3O2/c1-21-12-16(20)19-9-5-13(6-10-19)17-14-7-11-18-8-3-2-4-15(14)18/h13-15,17H,2-12H2,1H3. The summed E-state index contributed by atoms with van der Waals surface area (Å²) in [4.78, 5) is 16.4. The van der Waals surface area contributed by atoms with Gasteiger partial charge in [-0.05, 0) is 38.6 Å². The molecule has 0 aliphatic carbocycles. The van der Waals surface area contributed by atoms with Gasteiger partial charge in [0.05, 0.1) is 0 Å². The van der Waals surface area contributed by atoms with Crippen LogP contribution in [0.25, 0.3) is 0 Å². The van der Waals surface area contributed by atoms with Crippen LogP contribution in [0.4, 0.5) is 0 Å². The molecule has 5 heteroatoms. The van der Waals surface area contributed by atoms with Crippen molar-refractivity contribution >= 4 is 5.91 Å². The number of rotatable bonds is 4. The Bertz CT molecular complexity index is 355. The zero-order valence-corrected chi connectivity index (χ0v) is 13.2. The Balaban J connectivity index is 1.44. The van der Waals surface area contributed by atoms with Crippen LogP contribution >= 0.6 is 0 Å². The molecule has 1 amide bonds. The molecule has 3 aliphatic rings. The number of carbonyl (C=O) groups is 1. The molecule has 1 N–H and O–H groups in total. The molecule has 0 spiro atoms. The molecule has 21 heavy (non-hydrogen) atoms. The van der Waals surface area contributed by atoms with Crippen LogP contribution in [0.1, 0.15) is 38.5 Å². The van der Waals surface area contributed by atoms with E-state index < -0.39 is 0 Å². The maximum atomic E-state index is 11.8. The van der Waals surface area contributed by atoms with Gasteiger partial charge in [-0.1, -0.05) is 6.42 Å². The smallest absolute Gasteiger partial charge is 0.248 e. The Labute approximate surface area is 128 Å². The van der Waals surface area contributed by atoms with Crippen LogP contribution in [0.2, 0.25) is 0 Å². The summed E-state index contributed by atoms with van der Waals surface area (Å²) < 4.78 is 4.94. The second kappa shape index (κ2) is 7.07. The summed E-state index contributed by atoms with van der Waals surface area (Å²) in [6.07, 6.45) is 7.60. The van der Waals surface area contributed by atoms with Crippen molar-refractivity contribution < 1.29 is 9.53 Å². The summed E-state index contributed by atoms with van der Waals surface area (Å²) in [5, 5.41) is 3.90. The fourth-order valence-electron chi connectivity index (χ4n) is 4.25. The molecule has 3 saturated heterocycles. The first kappa shape index (κ1) is 15.3. The highest BCUT2D eigenvalue weighted by molar-refractivity contribution is 5.77. The highest BCUT2D eigenvalue weighted by Crippen LogP contribution is 2.28. The molecule has 5 nitrogen and oxygen atoms in total. The number of fused-ring (bicyclic) bond motifs is 1. The van der Waals surface area contributed by atoms with Crippen molar-refractivity contribution in [3.05, 3.63) is 0 Å². The monoisotopic (exact) mass is 295 g/mol. The number of hydrogen-bond donors (Lipinski definition) is 1. The molecule has 120 valence electrons. The van der Waals surface area contributed by atoms with E-state index in [1.54, 1.807) is 7.11 Å². The third kappa shape index (κ3) is 3.58. The van der Waals surface area contributed by atoms with Crippen LogP contribution in [0.15, 0.2) is 0 Å². The molecule has 0 bridgehead atoms. The number of likely N-dealkylation sites (tertiary alicyclic amines) is 1. The highest BCUT2D eigenvalue weighted by atomic mass is 16.5. The van der Waals surface area contributed by atoms with Gasteiger partial charge in [0.25, 0.3) is 0 Å². The van der Waals surface area contributed by atoms with Crippen LogP contribution < -0.4 is 5.32 Å².